The van der Waals surface area contributed by atoms with Gasteiger partial charge in [0.25, 0.3) is 5.91 Å². The second-order valence-electron chi connectivity index (χ2n) is 6.13. The van der Waals surface area contributed by atoms with Crippen molar-refractivity contribution >= 4 is 46.3 Å². The number of carbonyl (C=O) groups excluding carboxylic acids is 1. The molecule has 0 fully saturated rings. The molecule has 0 saturated heterocycles. The molecule has 0 saturated carbocycles. The number of phenols is 1. The monoisotopic (exact) mass is 422 g/mol. The average molecular weight is 423 g/mol. The largest absolute Gasteiger partial charge is 0.507 e. The third kappa shape index (κ3) is 4.62. The minimum Gasteiger partial charge on any atom is -0.507 e. The molecule has 0 aliphatic heterocycles. The fourth-order valence-electron chi connectivity index (χ4n) is 2.70. The average Bonchev–Trinajstić information content (AvgIpc) is 3.16. The molecule has 0 unspecified atom stereocenters. The first-order valence-electron chi connectivity index (χ1n) is 8.67. The lowest BCUT2D eigenvalue weighted by Crippen LogP contribution is -2.17. The Hall–Kier alpha value is -3.22. The Labute approximate surface area is 176 Å². The number of carbonyl (C=O) groups is 1. The summed E-state index contributed by atoms with van der Waals surface area (Å²) < 4.78 is 5.67. The molecule has 0 atom stereocenters. The quantitative estimate of drug-likeness (QED) is 0.319. The van der Waals surface area contributed by atoms with Crippen LogP contribution in [0.3, 0.4) is 0 Å². The van der Waals surface area contributed by atoms with E-state index >= 15 is 0 Å². The maximum absolute atomic E-state index is 12.3. The van der Waals surface area contributed by atoms with Crippen LogP contribution in [0.1, 0.15) is 16.1 Å². The number of phenolic OH excluding ortho intramolecular Hbond substituents is 1. The number of hydrazone groups is 1. The molecule has 1 heterocycles. The molecule has 5 nitrogen and oxygen atoms in total. The van der Waals surface area contributed by atoms with Gasteiger partial charge in [0.1, 0.15) is 11.5 Å². The molecule has 1 aromatic heterocycles. The fourth-order valence-corrected chi connectivity index (χ4v) is 3.61. The second kappa shape index (κ2) is 8.43. The van der Waals surface area contributed by atoms with E-state index in [0.717, 1.165) is 15.7 Å². The van der Waals surface area contributed by atoms with Crippen molar-refractivity contribution in [2.45, 2.75) is 9.99 Å². The summed E-state index contributed by atoms with van der Waals surface area (Å²) in [7, 11) is 0. The molecule has 0 aliphatic carbocycles. The Kier molecular flexibility index (Phi) is 5.55. The van der Waals surface area contributed by atoms with Gasteiger partial charge in [0, 0.05) is 9.92 Å². The summed E-state index contributed by atoms with van der Waals surface area (Å²) >= 11 is 7.33. The lowest BCUT2D eigenvalue weighted by atomic mass is 10.1. The molecule has 1 amide bonds. The smallest absolute Gasteiger partial charge is 0.275 e. The molecule has 3 aromatic carbocycles. The molecule has 0 spiro atoms. The molecule has 0 bridgehead atoms. The number of fused-ring (bicyclic) bond motifs is 1. The Morgan fingerprint density at radius 2 is 1.76 bits per heavy atom. The predicted octanol–water partition coefficient (Wildman–Crippen LogP) is 5.71. The lowest BCUT2D eigenvalue weighted by Gasteiger charge is -2.05. The van der Waals surface area contributed by atoms with E-state index in [-0.39, 0.29) is 11.3 Å². The Balaban J connectivity index is 1.41. The molecule has 144 valence electrons. The van der Waals surface area contributed by atoms with Gasteiger partial charge in [0.05, 0.1) is 11.8 Å². The van der Waals surface area contributed by atoms with Crippen LogP contribution < -0.4 is 5.43 Å². The Bertz CT molecular complexity index is 1200. The number of hydrogen-bond donors (Lipinski definition) is 2. The molecule has 2 N–H and O–H groups in total. The first-order valence-corrected chi connectivity index (χ1v) is 9.86. The number of hydrogen-bond acceptors (Lipinski definition) is 5. The van der Waals surface area contributed by atoms with Crippen LogP contribution in [0.5, 0.6) is 5.75 Å². The molecule has 4 aromatic rings. The molecule has 4 rings (SSSR count). The van der Waals surface area contributed by atoms with Crippen molar-refractivity contribution in [2.24, 2.45) is 5.10 Å². The van der Waals surface area contributed by atoms with E-state index in [1.165, 1.54) is 18.0 Å². The van der Waals surface area contributed by atoms with Gasteiger partial charge in [-0.1, -0.05) is 47.6 Å². The molecule has 7 heteroatoms. The van der Waals surface area contributed by atoms with Crippen molar-refractivity contribution in [3.8, 4) is 5.75 Å². The van der Waals surface area contributed by atoms with E-state index in [0.29, 0.717) is 15.9 Å². The maximum atomic E-state index is 12.3. The zero-order chi connectivity index (χ0) is 20.2. The van der Waals surface area contributed by atoms with Crippen LogP contribution in [0.2, 0.25) is 5.02 Å². The maximum Gasteiger partial charge on any atom is 0.275 e. The van der Waals surface area contributed by atoms with Gasteiger partial charge in [-0.3, -0.25) is 4.79 Å². The number of amides is 1. The molecule has 0 radical (unpaired) electrons. The van der Waals surface area contributed by atoms with Crippen molar-refractivity contribution in [1.29, 1.82) is 0 Å². The standard InChI is InChI=1S/C22H15ClN2O3S/c23-16-5-8-18(9-6-16)29-21-10-7-17(28-21)13-24-25-22(27)19-11-14-3-1-2-4-15(14)12-20(19)26/h1-13,26H,(H,25,27)/b24-13+. The van der Waals surface area contributed by atoms with Crippen molar-refractivity contribution in [2.75, 3.05) is 0 Å². The number of nitrogens with one attached hydrogen (secondary N) is 1. The first-order chi connectivity index (χ1) is 14.1. The number of halogens is 1. The molecule has 29 heavy (non-hydrogen) atoms. The summed E-state index contributed by atoms with van der Waals surface area (Å²) in [5, 5.41) is 17.1. The van der Waals surface area contributed by atoms with E-state index in [9.17, 15) is 9.90 Å². The van der Waals surface area contributed by atoms with Crippen molar-refractivity contribution in [3.63, 3.8) is 0 Å². The Morgan fingerprint density at radius 1 is 1.03 bits per heavy atom. The highest BCUT2D eigenvalue weighted by molar-refractivity contribution is 7.99. The minimum absolute atomic E-state index is 0.101. The highest BCUT2D eigenvalue weighted by Gasteiger charge is 2.12. The second-order valence-corrected chi connectivity index (χ2v) is 7.64. The normalized spacial score (nSPS) is 11.2. The van der Waals surface area contributed by atoms with Crippen molar-refractivity contribution < 1.29 is 14.3 Å². The topological polar surface area (TPSA) is 74.8 Å². The SMILES string of the molecule is O=C(N/N=C/c1ccc(Sc2ccc(Cl)cc2)o1)c1cc2ccccc2cc1O. The zero-order valence-corrected chi connectivity index (χ0v) is 16.6. The fraction of sp³-hybridized carbons (Fsp3) is 0. The van der Waals surface area contributed by atoms with Crippen LogP contribution >= 0.6 is 23.4 Å². The molecular formula is C22H15ClN2O3S. The summed E-state index contributed by atoms with van der Waals surface area (Å²) in [6.07, 6.45) is 1.40. The van der Waals surface area contributed by atoms with Crippen LogP contribution in [0.25, 0.3) is 10.8 Å². The van der Waals surface area contributed by atoms with E-state index in [4.69, 9.17) is 16.0 Å². The van der Waals surface area contributed by atoms with E-state index in [2.05, 4.69) is 10.5 Å². The van der Waals surface area contributed by atoms with Crippen LogP contribution in [0.4, 0.5) is 0 Å². The summed E-state index contributed by atoms with van der Waals surface area (Å²) in [5.41, 5.74) is 2.56. The van der Waals surface area contributed by atoms with Crippen LogP contribution in [-0.2, 0) is 0 Å². The predicted molar refractivity (Wildman–Crippen MR) is 115 cm³/mol. The van der Waals surface area contributed by atoms with Gasteiger partial charge in [-0.05, 0) is 59.3 Å². The van der Waals surface area contributed by atoms with Crippen molar-refractivity contribution in [3.05, 3.63) is 89.1 Å². The van der Waals surface area contributed by atoms with Crippen LogP contribution in [-0.4, -0.2) is 17.2 Å². The van der Waals surface area contributed by atoms with Gasteiger partial charge in [-0.25, -0.2) is 5.43 Å². The Morgan fingerprint density at radius 3 is 2.52 bits per heavy atom. The van der Waals surface area contributed by atoms with E-state index in [1.807, 2.05) is 54.6 Å². The summed E-state index contributed by atoms with van der Waals surface area (Å²) in [6, 6.07) is 21.7. The number of furan rings is 1. The number of nitrogens with zero attached hydrogens (tertiary/aromatic N) is 1. The zero-order valence-electron chi connectivity index (χ0n) is 15.0. The van der Waals surface area contributed by atoms with Crippen LogP contribution in [0, 0.1) is 0 Å². The first kappa shape index (κ1) is 19.1. The van der Waals surface area contributed by atoms with Gasteiger partial charge in [0.15, 0.2) is 5.09 Å². The number of rotatable bonds is 5. The third-order valence-electron chi connectivity index (χ3n) is 4.10. The number of aromatic hydroxyl groups is 1. The summed E-state index contributed by atoms with van der Waals surface area (Å²) in [4.78, 5) is 13.3. The highest BCUT2D eigenvalue weighted by atomic mass is 35.5. The van der Waals surface area contributed by atoms with Crippen LogP contribution in [0.15, 0.2) is 92.3 Å². The highest BCUT2D eigenvalue weighted by Crippen LogP contribution is 2.29. The van der Waals surface area contributed by atoms with Crippen molar-refractivity contribution in [1.82, 2.24) is 5.43 Å². The van der Waals surface area contributed by atoms with E-state index < -0.39 is 5.91 Å². The van der Waals surface area contributed by atoms with Gasteiger partial charge in [-0.2, -0.15) is 5.10 Å². The van der Waals surface area contributed by atoms with Gasteiger partial charge >= 0.3 is 0 Å². The summed E-state index contributed by atoms with van der Waals surface area (Å²) in [6.45, 7) is 0. The van der Waals surface area contributed by atoms with Gasteiger partial charge in [-0.15, -0.1) is 0 Å². The minimum atomic E-state index is -0.508. The molecule has 0 aliphatic rings. The lowest BCUT2D eigenvalue weighted by molar-refractivity contribution is 0.0952. The van der Waals surface area contributed by atoms with Gasteiger partial charge < -0.3 is 9.52 Å². The van der Waals surface area contributed by atoms with Gasteiger partial charge in [0.2, 0.25) is 0 Å². The number of benzene rings is 3. The summed E-state index contributed by atoms with van der Waals surface area (Å²) in [5.74, 6) is -0.118. The van der Waals surface area contributed by atoms with E-state index in [1.54, 1.807) is 18.2 Å². The third-order valence-corrected chi connectivity index (χ3v) is 5.28. The molecular weight excluding hydrogens is 408 g/mol.